The SMILES string of the molecule is CSCC1CCCC1.N. The average molecular weight is 147 g/mol. The van der Waals surface area contributed by atoms with Crippen molar-refractivity contribution in [1.82, 2.24) is 6.15 Å². The average Bonchev–Trinajstić information content (AvgIpc) is 2.19. The molecule has 0 atom stereocenters. The molecule has 9 heavy (non-hydrogen) atoms. The van der Waals surface area contributed by atoms with E-state index in [0.29, 0.717) is 0 Å². The summed E-state index contributed by atoms with van der Waals surface area (Å²) < 4.78 is 0. The highest BCUT2D eigenvalue weighted by molar-refractivity contribution is 7.98. The first-order valence-electron chi connectivity index (χ1n) is 3.42. The molecule has 0 aliphatic heterocycles. The first-order valence-corrected chi connectivity index (χ1v) is 4.82. The van der Waals surface area contributed by atoms with E-state index in [4.69, 9.17) is 0 Å². The van der Waals surface area contributed by atoms with E-state index in [2.05, 4.69) is 6.26 Å². The van der Waals surface area contributed by atoms with Gasteiger partial charge in [0.05, 0.1) is 0 Å². The highest BCUT2D eigenvalue weighted by Crippen LogP contribution is 2.26. The second kappa shape index (κ2) is 5.12. The van der Waals surface area contributed by atoms with Crippen LogP contribution in [0, 0.1) is 5.92 Å². The number of hydrogen-bond donors (Lipinski definition) is 1. The molecule has 0 aromatic carbocycles. The van der Waals surface area contributed by atoms with Crippen molar-refractivity contribution >= 4 is 11.8 Å². The van der Waals surface area contributed by atoms with Gasteiger partial charge < -0.3 is 6.15 Å². The number of hydrogen-bond acceptors (Lipinski definition) is 2. The fourth-order valence-electron chi connectivity index (χ4n) is 1.41. The molecule has 0 spiro atoms. The van der Waals surface area contributed by atoms with Crippen LogP contribution in [0.5, 0.6) is 0 Å². The van der Waals surface area contributed by atoms with Crippen LogP contribution >= 0.6 is 11.8 Å². The minimum atomic E-state index is 0. The Labute approximate surface area is 62.2 Å². The minimum Gasteiger partial charge on any atom is -0.344 e. The predicted octanol–water partition coefficient (Wildman–Crippen LogP) is 2.70. The maximum absolute atomic E-state index is 2.21. The van der Waals surface area contributed by atoms with Gasteiger partial charge in [-0.3, -0.25) is 0 Å². The first-order chi connectivity index (χ1) is 3.93. The number of thioether (sulfide) groups is 1. The van der Waals surface area contributed by atoms with Crippen molar-refractivity contribution in [2.75, 3.05) is 12.0 Å². The number of rotatable bonds is 2. The molecule has 0 aromatic rings. The van der Waals surface area contributed by atoms with Gasteiger partial charge in [0.15, 0.2) is 0 Å². The van der Waals surface area contributed by atoms with Crippen LogP contribution in [-0.4, -0.2) is 12.0 Å². The van der Waals surface area contributed by atoms with Crippen molar-refractivity contribution in [3.63, 3.8) is 0 Å². The van der Waals surface area contributed by atoms with Gasteiger partial charge in [-0.05, 0) is 30.8 Å². The molecule has 0 unspecified atom stereocenters. The summed E-state index contributed by atoms with van der Waals surface area (Å²) in [4.78, 5) is 0. The van der Waals surface area contributed by atoms with Crippen molar-refractivity contribution in [2.24, 2.45) is 5.92 Å². The normalized spacial score (nSPS) is 19.7. The maximum atomic E-state index is 2.21. The molecule has 2 heteroatoms. The minimum absolute atomic E-state index is 0. The van der Waals surface area contributed by atoms with Crippen LogP contribution < -0.4 is 6.15 Å². The van der Waals surface area contributed by atoms with Crippen LogP contribution in [0.2, 0.25) is 0 Å². The lowest BCUT2D eigenvalue weighted by Gasteiger charge is -2.03. The first kappa shape index (κ1) is 9.31. The Morgan fingerprint density at radius 3 is 2.33 bits per heavy atom. The van der Waals surface area contributed by atoms with E-state index in [1.807, 2.05) is 11.8 Å². The molecule has 1 aliphatic carbocycles. The lowest BCUT2D eigenvalue weighted by molar-refractivity contribution is 0.624. The van der Waals surface area contributed by atoms with Crippen molar-refractivity contribution in [3.8, 4) is 0 Å². The van der Waals surface area contributed by atoms with E-state index in [1.54, 1.807) is 0 Å². The van der Waals surface area contributed by atoms with Gasteiger partial charge in [0.25, 0.3) is 0 Å². The van der Waals surface area contributed by atoms with Crippen LogP contribution in [0.4, 0.5) is 0 Å². The second-order valence-electron chi connectivity index (χ2n) is 2.61. The highest BCUT2D eigenvalue weighted by atomic mass is 32.2. The molecule has 0 radical (unpaired) electrons. The third kappa shape index (κ3) is 3.11. The fraction of sp³-hybridized carbons (Fsp3) is 1.00. The molecule has 3 N–H and O–H groups in total. The lowest BCUT2D eigenvalue weighted by Crippen LogP contribution is -1.94. The van der Waals surface area contributed by atoms with Gasteiger partial charge in [0, 0.05) is 0 Å². The van der Waals surface area contributed by atoms with E-state index in [1.165, 1.54) is 31.4 Å². The highest BCUT2D eigenvalue weighted by Gasteiger charge is 2.12. The molecule has 0 amide bonds. The van der Waals surface area contributed by atoms with E-state index >= 15 is 0 Å². The summed E-state index contributed by atoms with van der Waals surface area (Å²) in [7, 11) is 0. The summed E-state index contributed by atoms with van der Waals surface area (Å²) in [5, 5.41) is 0. The van der Waals surface area contributed by atoms with Crippen LogP contribution in [0.1, 0.15) is 25.7 Å². The van der Waals surface area contributed by atoms with Gasteiger partial charge in [-0.25, -0.2) is 0 Å². The molecule has 0 heterocycles. The Morgan fingerprint density at radius 2 is 1.89 bits per heavy atom. The Kier molecular flexibility index (Phi) is 5.30. The van der Waals surface area contributed by atoms with Gasteiger partial charge in [-0.15, -0.1) is 0 Å². The van der Waals surface area contributed by atoms with E-state index in [-0.39, 0.29) is 6.15 Å². The Balaban J connectivity index is 0.000000640. The summed E-state index contributed by atoms with van der Waals surface area (Å²) in [5.74, 6) is 2.48. The zero-order chi connectivity index (χ0) is 5.82. The zero-order valence-corrected chi connectivity index (χ0v) is 7.04. The summed E-state index contributed by atoms with van der Waals surface area (Å²) in [6.07, 6.45) is 8.19. The van der Waals surface area contributed by atoms with Gasteiger partial charge >= 0.3 is 0 Å². The third-order valence-corrected chi connectivity index (χ3v) is 2.68. The van der Waals surface area contributed by atoms with Crippen molar-refractivity contribution in [3.05, 3.63) is 0 Å². The predicted molar refractivity (Wildman–Crippen MR) is 45.4 cm³/mol. The fourth-order valence-corrected chi connectivity index (χ4v) is 2.22. The molecular formula is C7H17NS. The smallest absolute Gasteiger partial charge is 0.00419 e. The van der Waals surface area contributed by atoms with Gasteiger partial charge in [-0.1, -0.05) is 12.8 Å². The van der Waals surface area contributed by atoms with E-state index in [9.17, 15) is 0 Å². The van der Waals surface area contributed by atoms with Crippen molar-refractivity contribution in [2.45, 2.75) is 25.7 Å². The Bertz CT molecular complexity index is 59.9. The molecule has 0 bridgehead atoms. The monoisotopic (exact) mass is 147 g/mol. The van der Waals surface area contributed by atoms with Crippen LogP contribution in [0.25, 0.3) is 0 Å². The molecule has 1 nitrogen and oxygen atoms in total. The van der Waals surface area contributed by atoms with Gasteiger partial charge in [0.2, 0.25) is 0 Å². The Hall–Kier alpha value is 0.310. The summed E-state index contributed by atoms with van der Waals surface area (Å²) in [6, 6.07) is 0. The largest absolute Gasteiger partial charge is 0.344 e. The molecule has 1 fully saturated rings. The van der Waals surface area contributed by atoms with Crippen LogP contribution in [0.3, 0.4) is 0 Å². The van der Waals surface area contributed by atoms with E-state index < -0.39 is 0 Å². The van der Waals surface area contributed by atoms with Gasteiger partial charge in [-0.2, -0.15) is 11.8 Å². The topological polar surface area (TPSA) is 35.0 Å². The molecular weight excluding hydrogens is 130 g/mol. The maximum Gasteiger partial charge on any atom is -0.00419 e. The summed E-state index contributed by atoms with van der Waals surface area (Å²) in [5.41, 5.74) is 0. The molecule has 1 aliphatic rings. The van der Waals surface area contributed by atoms with Crippen molar-refractivity contribution < 1.29 is 0 Å². The lowest BCUT2D eigenvalue weighted by atomic mass is 10.1. The standard InChI is InChI=1S/C7H14S.H3N/c1-8-6-7-4-2-3-5-7;/h7H,2-6H2,1H3;1H3. The zero-order valence-electron chi connectivity index (χ0n) is 6.23. The molecule has 1 saturated carbocycles. The Morgan fingerprint density at radius 1 is 1.33 bits per heavy atom. The second-order valence-corrected chi connectivity index (χ2v) is 3.52. The molecule has 0 saturated heterocycles. The summed E-state index contributed by atoms with van der Waals surface area (Å²) >= 11 is 2.00. The van der Waals surface area contributed by atoms with Crippen LogP contribution in [-0.2, 0) is 0 Å². The van der Waals surface area contributed by atoms with Crippen molar-refractivity contribution in [1.29, 1.82) is 0 Å². The quantitative estimate of drug-likeness (QED) is 0.651. The van der Waals surface area contributed by atoms with Gasteiger partial charge in [0.1, 0.15) is 0 Å². The third-order valence-electron chi connectivity index (χ3n) is 1.88. The molecule has 0 aromatic heterocycles. The van der Waals surface area contributed by atoms with E-state index in [0.717, 1.165) is 5.92 Å². The summed E-state index contributed by atoms with van der Waals surface area (Å²) in [6.45, 7) is 0. The van der Waals surface area contributed by atoms with Crippen LogP contribution in [0.15, 0.2) is 0 Å². The molecule has 1 rings (SSSR count). The molecule has 56 valence electrons.